The molecule has 4 N–H and O–H groups in total. The summed E-state index contributed by atoms with van der Waals surface area (Å²) in [6.45, 7) is 0.804. The zero-order valence-electron chi connectivity index (χ0n) is 18.6. The Labute approximate surface area is 190 Å². The van der Waals surface area contributed by atoms with Crippen LogP contribution in [0.2, 0.25) is 0 Å². The average Bonchev–Trinajstić information content (AvgIpc) is 2.81. The lowest BCUT2D eigenvalue weighted by Gasteiger charge is -2.40. The summed E-state index contributed by atoms with van der Waals surface area (Å²) in [7, 11) is 1.83. The molecule has 3 aromatic carbocycles. The number of nitrogens with two attached hydrogens (primary N) is 2. The van der Waals surface area contributed by atoms with Gasteiger partial charge in [0.05, 0.1) is 7.05 Å². The molecule has 0 fully saturated rings. The lowest BCUT2D eigenvalue weighted by atomic mass is 9.88. The molecule has 166 valence electrons. The molecule has 32 heavy (non-hydrogen) atoms. The summed E-state index contributed by atoms with van der Waals surface area (Å²) in [5.74, 6) is -1.07. The predicted molar refractivity (Wildman–Crippen MR) is 127 cm³/mol. The van der Waals surface area contributed by atoms with Crippen LogP contribution in [0.5, 0.6) is 0 Å². The number of amides is 2. The molecule has 0 heterocycles. The van der Waals surface area contributed by atoms with E-state index >= 15 is 0 Å². The third-order valence-electron chi connectivity index (χ3n) is 6.07. The molecule has 0 bridgehead atoms. The predicted octanol–water partition coefficient (Wildman–Crippen LogP) is 3.58. The van der Waals surface area contributed by atoms with E-state index in [0.717, 1.165) is 16.7 Å². The van der Waals surface area contributed by atoms with Crippen molar-refractivity contribution in [3.8, 4) is 0 Å². The van der Waals surface area contributed by atoms with E-state index in [1.165, 1.54) is 0 Å². The Morgan fingerprint density at radius 2 is 1.28 bits per heavy atom. The maximum Gasteiger partial charge on any atom is 0.326 e. The number of benzene rings is 3. The van der Waals surface area contributed by atoms with Gasteiger partial charge in [-0.1, -0.05) is 91.0 Å². The summed E-state index contributed by atoms with van der Waals surface area (Å²) in [6, 6.07) is 28.5. The highest BCUT2D eigenvalue weighted by Crippen LogP contribution is 2.33. The van der Waals surface area contributed by atoms with Gasteiger partial charge in [-0.3, -0.25) is 4.79 Å². The third kappa shape index (κ3) is 5.31. The Morgan fingerprint density at radius 3 is 1.72 bits per heavy atom. The largest absolute Gasteiger partial charge is 0.364 e. The second kappa shape index (κ2) is 10.8. The highest BCUT2D eigenvalue weighted by molar-refractivity contribution is 5.86. The van der Waals surface area contributed by atoms with Gasteiger partial charge >= 0.3 is 5.91 Å². The fourth-order valence-electron chi connectivity index (χ4n) is 4.39. The summed E-state index contributed by atoms with van der Waals surface area (Å²) in [5.41, 5.74) is 14.4. The van der Waals surface area contributed by atoms with Crippen LogP contribution < -0.4 is 11.5 Å². The normalized spacial score (nSPS) is 14.0. The molecule has 3 aromatic rings. The Hall–Kier alpha value is -3.28. The molecule has 0 aliphatic carbocycles. The van der Waals surface area contributed by atoms with E-state index in [9.17, 15) is 9.59 Å². The zero-order valence-corrected chi connectivity index (χ0v) is 18.6. The molecule has 0 spiro atoms. The van der Waals surface area contributed by atoms with E-state index in [1.54, 1.807) is 0 Å². The average molecular weight is 431 g/mol. The van der Waals surface area contributed by atoms with Gasteiger partial charge in [-0.2, -0.15) is 0 Å². The van der Waals surface area contributed by atoms with Crippen LogP contribution in [0, 0.1) is 0 Å². The Bertz CT molecular complexity index is 969. The van der Waals surface area contributed by atoms with Crippen molar-refractivity contribution >= 4 is 11.8 Å². The van der Waals surface area contributed by atoms with Crippen molar-refractivity contribution in [1.82, 2.24) is 0 Å². The van der Waals surface area contributed by atoms with Crippen LogP contribution >= 0.6 is 0 Å². The summed E-state index contributed by atoms with van der Waals surface area (Å²) in [5, 5.41) is 0. The number of hydrogen-bond donors (Lipinski definition) is 2. The van der Waals surface area contributed by atoms with Crippen molar-refractivity contribution in [3.05, 3.63) is 108 Å². The number of hydrogen-bond acceptors (Lipinski definition) is 3. The number of carbonyl (C=O) groups is 2. The van der Waals surface area contributed by atoms with Gasteiger partial charge in [0.25, 0.3) is 5.91 Å². The molecule has 3 rings (SSSR count). The van der Waals surface area contributed by atoms with Gasteiger partial charge in [0.2, 0.25) is 0 Å². The lowest BCUT2D eigenvalue weighted by molar-refractivity contribution is -0.865. The van der Waals surface area contributed by atoms with E-state index in [0.29, 0.717) is 25.9 Å². The molecule has 1 unspecified atom stereocenters. The number of likely N-dealkylation sites (N-methyl/N-ethyl adjacent to an activating group) is 1. The van der Waals surface area contributed by atoms with E-state index in [2.05, 4.69) is 0 Å². The number of carbonyl (C=O) groups excluding carboxylic acids is 2. The van der Waals surface area contributed by atoms with Crippen LogP contribution in [0.15, 0.2) is 91.0 Å². The highest BCUT2D eigenvalue weighted by atomic mass is 16.2. The topological polar surface area (TPSA) is 86.2 Å². The second-order valence-electron chi connectivity index (χ2n) is 8.35. The minimum absolute atomic E-state index is 0.0629. The van der Waals surface area contributed by atoms with Crippen molar-refractivity contribution in [3.63, 3.8) is 0 Å². The van der Waals surface area contributed by atoms with E-state index in [4.69, 9.17) is 11.5 Å². The van der Waals surface area contributed by atoms with Gasteiger partial charge in [0, 0.05) is 12.0 Å². The maximum atomic E-state index is 14.4. The minimum atomic E-state index is -0.679. The summed E-state index contributed by atoms with van der Waals surface area (Å²) in [4.78, 5) is 27.1. The molecule has 2 atom stereocenters. The SMILES string of the molecule is C[N@+](Cc1ccccc1)(C(=O)C(c1ccccc1)c1ccccc1)C(CCCN)C(N)=O. The van der Waals surface area contributed by atoms with E-state index < -0.39 is 17.9 Å². The van der Waals surface area contributed by atoms with Crippen molar-refractivity contribution in [2.45, 2.75) is 31.3 Å². The Kier molecular flexibility index (Phi) is 7.92. The number of quaternary nitrogens is 1. The molecule has 0 saturated heterocycles. The maximum absolute atomic E-state index is 14.4. The first-order valence-corrected chi connectivity index (χ1v) is 11.0. The third-order valence-corrected chi connectivity index (χ3v) is 6.07. The second-order valence-corrected chi connectivity index (χ2v) is 8.35. The van der Waals surface area contributed by atoms with Crippen molar-refractivity contribution < 1.29 is 14.1 Å². The fourth-order valence-corrected chi connectivity index (χ4v) is 4.39. The molecule has 2 amide bonds. The quantitative estimate of drug-likeness (QED) is 0.482. The standard InChI is InChI=1S/C27H31N3O2/c1-30(20-21-12-5-2-6-13-21,24(26(29)31)18-11-19-28)27(32)25(22-14-7-3-8-15-22)23-16-9-4-10-17-23/h2-10,12-17,24-25H,11,18-20,28H2,1H3,(H-,29,31)/p+1/t24?,30-/m1/s1. The van der Waals surface area contributed by atoms with Gasteiger partial charge in [0.15, 0.2) is 6.04 Å². The number of primary amides is 1. The summed E-state index contributed by atoms with van der Waals surface area (Å²) in [6.07, 6.45) is 1.07. The van der Waals surface area contributed by atoms with E-state index in [1.807, 2.05) is 98.0 Å². The summed E-state index contributed by atoms with van der Waals surface area (Å²) < 4.78 is -0.117. The number of rotatable bonds is 10. The lowest BCUT2D eigenvalue weighted by Crippen LogP contribution is -2.61. The molecule has 0 aromatic heterocycles. The van der Waals surface area contributed by atoms with Crippen molar-refractivity contribution in [2.75, 3.05) is 13.6 Å². The summed E-state index contributed by atoms with van der Waals surface area (Å²) >= 11 is 0. The molecule has 0 saturated carbocycles. The van der Waals surface area contributed by atoms with Crippen molar-refractivity contribution in [2.24, 2.45) is 11.5 Å². The van der Waals surface area contributed by atoms with Crippen LogP contribution in [0.4, 0.5) is 0 Å². The van der Waals surface area contributed by atoms with Crippen LogP contribution in [0.25, 0.3) is 0 Å². The number of nitrogens with zero attached hydrogens (tertiary/aromatic N) is 1. The molecule has 0 aliphatic heterocycles. The van der Waals surface area contributed by atoms with Gasteiger partial charge < -0.3 is 11.5 Å². The zero-order chi connectivity index (χ0) is 23.0. The van der Waals surface area contributed by atoms with Crippen LogP contribution in [0.1, 0.15) is 35.4 Å². The first-order valence-electron chi connectivity index (χ1n) is 11.0. The molecular formula is C27H32N3O2+. The fraction of sp³-hybridized carbons (Fsp3) is 0.259. The molecule has 0 radical (unpaired) electrons. The molecular weight excluding hydrogens is 398 g/mol. The monoisotopic (exact) mass is 430 g/mol. The van der Waals surface area contributed by atoms with Crippen LogP contribution in [-0.2, 0) is 16.1 Å². The first kappa shape index (κ1) is 23.4. The van der Waals surface area contributed by atoms with Gasteiger partial charge in [-0.05, 0) is 24.1 Å². The molecule has 5 nitrogen and oxygen atoms in total. The minimum Gasteiger partial charge on any atom is -0.364 e. The molecule has 5 heteroatoms. The van der Waals surface area contributed by atoms with Gasteiger partial charge in [-0.15, -0.1) is 0 Å². The van der Waals surface area contributed by atoms with Crippen molar-refractivity contribution in [1.29, 1.82) is 0 Å². The van der Waals surface area contributed by atoms with E-state index in [-0.39, 0.29) is 10.4 Å². The van der Waals surface area contributed by atoms with Gasteiger partial charge in [-0.25, -0.2) is 9.28 Å². The highest BCUT2D eigenvalue weighted by Gasteiger charge is 2.47. The molecule has 0 aliphatic rings. The Balaban J connectivity index is 2.14. The Morgan fingerprint density at radius 1 is 0.812 bits per heavy atom. The van der Waals surface area contributed by atoms with Crippen LogP contribution in [0.3, 0.4) is 0 Å². The smallest absolute Gasteiger partial charge is 0.326 e. The van der Waals surface area contributed by atoms with Gasteiger partial charge in [0.1, 0.15) is 12.5 Å². The van der Waals surface area contributed by atoms with Crippen LogP contribution in [-0.4, -0.2) is 35.9 Å². The first-order chi connectivity index (χ1) is 15.5.